The molecule has 0 aromatic carbocycles. The van der Waals surface area contributed by atoms with Gasteiger partial charge < -0.3 is 0 Å². The third-order valence-corrected chi connectivity index (χ3v) is 6.47. The van der Waals surface area contributed by atoms with Crippen molar-refractivity contribution in [1.82, 2.24) is 0 Å². The normalized spacial score (nSPS) is 46.0. The Balaban J connectivity index is 1.93. The van der Waals surface area contributed by atoms with Gasteiger partial charge in [0.05, 0.1) is 0 Å². The highest BCUT2D eigenvalue weighted by Gasteiger charge is 2.49. The van der Waals surface area contributed by atoms with E-state index >= 15 is 0 Å². The highest BCUT2D eigenvalue weighted by Crippen LogP contribution is 2.60. The molecule has 0 N–H and O–H groups in total. The third kappa shape index (κ3) is 1.95. The van der Waals surface area contributed by atoms with Crippen molar-refractivity contribution >= 4 is 0 Å². The Hall–Kier alpha value is -0.780. The van der Waals surface area contributed by atoms with Crippen LogP contribution >= 0.6 is 0 Å². The molecule has 0 heteroatoms. The van der Waals surface area contributed by atoms with Gasteiger partial charge in [0, 0.05) is 0 Å². The molecule has 3 aliphatic rings. The molecule has 0 bridgehead atoms. The minimum absolute atomic E-state index is 0.344. The molecular formula is C19H28. The summed E-state index contributed by atoms with van der Waals surface area (Å²) >= 11 is 0. The Morgan fingerprint density at radius 2 is 2.05 bits per heavy atom. The summed E-state index contributed by atoms with van der Waals surface area (Å²) in [5, 5.41) is 0. The maximum Gasteiger partial charge on any atom is -0.0112 e. The Labute approximate surface area is 118 Å². The molecular weight excluding hydrogens is 228 g/mol. The van der Waals surface area contributed by atoms with Crippen LogP contribution in [0.3, 0.4) is 0 Å². The number of allylic oxidation sites excluding steroid dienone is 4. The zero-order valence-corrected chi connectivity index (χ0v) is 12.7. The lowest BCUT2D eigenvalue weighted by atomic mass is 9.50. The van der Waals surface area contributed by atoms with Crippen LogP contribution in [0.25, 0.3) is 0 Å². The number of rotatable bonds is 1. The van der Waals surface area contributed by atoms with Crippen LogP contribution < -0.4 is 0 Å². The molecule has 0 saturated heterocycles. The lowest BCUT2D eigenvalue weighted by molar-refractivity contribution is 0.0562. The van der Waals surface area contributed by atoms with Crippen LogP contribution in [0.4, 0.5) is 0 Å². The minimum Gasteiger partial charge on any atom is -0.103 e. The Bertz CT molecular complexity index is 441. The highest BCUT2D eigenvalue weighted by molar-refractivity contribution is 5.28. The van der Waals surface area contributed by atoms with E-state index in [1.165, 1.54) is 50.5 Å². The number of hydrogen-bond donors (Lipinski definition) is 0. The monoisotopic (exact) mass is 256 g/mol. The second-order valence-corrected chi connectivity index (χ2v) is 7.71. The summed E-state index contributed by atoms with van der Waals surface area (Å²) in [7, 11) is 0. The van der Waals surface area contributed by atoms with E-state index in [1.807, 2.05) is 0 Å². The van der Waals surface area contributed by atoms with Crippen molar-refractivity contribution in [3.8, 4) is 0 Å². The van der Waals surface area contributed by atoms with E-state index in [1.54, 1.807) is 5.57 Å². The van der Waals surface area contributed by atoms with Crippen LogP contribution in [-0.2, 0) is 0 Å². The van der Waals surface area contributed by atoms with Crippen molar-refractivity contribution in [3.63, 3.8) is 0 Å². The second-order valence-electron chi connectivity index (χ2n) is 7.71. The van der Waals surface area contributed by atoms with Gasteiger partial charge in [0.2, 0.25) is 0 Å². The molecule has 0 aromatic rings. The van der Waals surface area contributed by atoms with Crippen LogP contribution in [-0.4, -0.2) is 0 Å². The Morgan fingerprint density at radius 3 is 2.79 bits per heavy atom. The zero-order chi connectivity index (χ0) is 13.7. The van der Waals surface area contributed by atoms with E-state index in [0.717, 1.165) is 11.8 Å². The van der Waals surface area contributed by atoms with Gasteiger partial charge in [0.15, 0.2) is 0 Å². The van der Waals surface area contributed by atoms with Gasteiger partial charge in [0.25, 0.3) is 0 Å². The average Bonchev–Trinajstić information content (AvgIpc) is 2.38. The molecule has 0 heterocycles. The van der Waals surface area contributed by atoms with Crippen molar-refractivity contribution in [3.05, 3.63) is 36.5 Å². The summed E-state index contributed by atoms with van der Waals surface area (Å²) in [6, 6.07) is 0. The van der Waals surface area contributed by atoms with E-state index < -0.39 is 0 Å². The lowest BCUT2D eigenvalue weighted by Crippen LogP contribution is -2.45. The van der Waals surface area contributed by atoms with E-state index in [4.69, 9.17) is 0 Å². The topological polar surface area (TPSA) is 0 Å². The summed E-state index contributed by atoms with van der Waals surface area (Å²) in [5.74, 6) is 1.57. The average molecular weight is 256 g/mol. The van der Waals surface area contributed by atoms with Crippen LogP contribution in [0.2, 0.25) is 0 Å². The summed E-state index contributed by atoms with van der Waals surface area (Å²) in [4.78, 5) is 0. The van der Waals surface area contributed by atoms with E-state index in [-0.39, 0.29) is 0 Å². The van der Waals surface area contributed by atoms with Gasteiger partial charge in [-0.1, -0.05) is 43.7 Å². The molecule has 0 amide bonds. The van der Waals surface area contributed by atoms with Gasteiger partial charge >= 0.3 is 0 Å². The van der Waals surface area contributed by atoms with Crippen molar-refractivity contribution in [1.29, 1.82) is 0 Å². The molecule has 0 aromatic heterocycles. The highest BCUT2D eigenvalue weighted by atomic mass is 14.5. The Morgan fingerprint density at radius 1 is 1.26 bits per heavy atom. The fraction of sp³-hybridized carbons (Fsp3) is 0.684. The van der Waals surface area contributed by atoms with E-state index in [9.17, 15) is 0 Å². The van der Waals surface area contributed by atoms with Crippen molar-refractivity contribution in [2.24, 2.45) is 22.7 Å². The molecule has 0 radical (unpaired) electrons. The van der Waals surface area contributed by atoms with E-state index in [0.29, 0.717) is 10.8 Å². The first kappa shape index (κ1) is 13.2. The molecule has 19 heavy (non-hydrogen) atoms. The first-order valence-corrected chi connectivity index (χ1v) is 7.99. The Kier molecular flexibility index (Phi) is 3.04. The first-order chi connectivity index (χ1) is 8.98. The fourth-order valence-electron chi connectivity index (χ4n) is 5.11. The summed E-state index contributed by atoms with van der Waals surface area (Å²) in [5.41, 5.74) is 4.11. The standard InChI is InChI=1S/C19H28/c1-5-18(3)12-10-17-15(13-18)8-9-16-14(2)7-6-11-19(16,17)4/h5,8,16-17H,1-2,6-7,9-13H2,3-4H3/t16-,17+,18-,19-/m0/s1. The largest absolute Gasteiger partial charge is 0.103 e. The van der Waals surface area contributed by atoms with Gasteiger partial charge in [-0.25, -0.2) is 0 Å². The number of fused-ring (bicyclic) bond motifs is 3. The molecule has 0 spiro atoms. The van der Waals surface area contributed by atoms with Crippen LogP contribution in [0.15, 0.2) is 36.5 Å². The summed E-state index contributed by atoms with van der Waals surface area (Å²) in [6.45, 7) is 13.4. The molecule has 3 aliphatic carbocycles. The maximum absolute atomic E-state index is 4.38. The SMILES string of the molecule is C=C[C@@]1(C)CC[C@@H]2C(=CC[C@H]3C(=C)CCC[C@]23C)C1. The molecule has 104 valence electrons. The first-order valence-electron chi connectivity index (χ1n) is 7.99. The maximum atomic E-state index is 4.38. The quantitative estimate of drug-likeness (QED) is 0.530. The summed E-state index contributed by atoms with van der Waals surface area (Å²) < 4.78 is 0. The minimum atomic E-state index is 0.344. The van der Waals surface area contributed by atoms with E-state index in [2.05, 4.69) is 39.2 Å². The van der Waals surface area contributed by atoms with Crippen molar-refractivity contribution in [2.75, 3.05) is 0 Å². The van der Waals surface area contributed by atoms with Gasteiger partial charge in [-0.3, -0.25) is 0 Å². The van der Waals surface area contributed by atoms with Crippen molar-refractivity contribution in [2.45, 2.75) is 58.8 Å². The van der Waals surface area contributed by atoms with Gasteiger partial charge in [-0.05, 0) is 67.6 Å². The molecule has 0 aliphatic heterocycles. The lowest BCUT2D eigenvalue weighted by Gasteiger charge is -2.54. The van der Waals surface area contributed by atoms with Crippen LogP contribution in [0.5, 0.6) is 0 Å². The summed E-state index contributed by atoms with van der Waals surface area (Å²) in [6.07, 6.45) is 13.9. The molecule has 0 unspecified atom stereocenters. The fourth-order valence-corrected chi connectivity index (χ4v) is 5.11. The van der Waals surface area contributed by atoms with Crippen LogP contribution in [0.1, 0.15) is 58.8 Å². The van der Waals surface area contributed by atoms with Crippen LogP contribution in [0, 0.1) is 22.7 Å². The van der Waals surface area contributed by atoms with Gasteiger partial charge in [-0.15, -0.1) is 6.58 Å². The molecule has 4 atom stereocenters. The predicted octanol–water partition coefficient (Wildman–Crippen LogP) is 5.67. The van der Waals surface area contributed by atoms with Gasteiger partial charge in [-0.2, -0.15) is 0 Å². The zero-order valence-electron chi connectivity index (χ0n) is 12.7. The van der Waals surface area contributed by atoms with Crippen molar-refractivity contribution < 1.29 is 0 Å². The molecule has 2 saturated carbocycles. The van der Waals surface area contributed by atoms with Gasteiger partial charge in [0.1, 0.15) is 0 Å². The molecule has 3 rings (SSSR count). The predicted molar refractivity (Wildman–Crippen MR) is 82.9 cm³/mol. The second kappa shape index (κ2) is 4.36. The molecule has 0 nitrogen and oxygen atoms in total. The smallest absolute Gasteiger partial charge is 0.0112 e. The third-order valence-electron chi connectivity index (χ3n) is 6.47. The number of hydrogen-bond acceptors (Lipinski definition) is 0. The molecule has 2 fully saturated rings.